The van der Waals surface area contributed by atoms with Crippen molar-refractivity contribution < 1.29 is 9.53 Å². The van der Waals surface area contributed by atoms with Crippen LogP contribution in [0.4, 0.5) is 5.69 Å². The van der Waals surface area contributed by atoms with E-state index in [1.807, 2.05) is 30.3 Å². The lowest BCUT2D eigenvalue weighted by Crippen LogP contribution is -2.20. The second-order valence-electron chi connectivity index (χ2n) is 7.29. The highest BCUT2D eigenvalue weighted by Crippen LogP contribution is 2.38. The smallest absolute Gasteiger partial charge is 0.234 e. The summed E-state index contributed by atoms with van der Waals surface area (Å²) in [6.07, 6.45) is 6.84. The molecule has 1 aliphatic carbocycles. The molecule has 0 atom stereocenters. The van der Waals surface area contributed by atoms with Crippen LogP contribution < -0.4 is 10.1 Å². The molecule has 1 fully saturated rings. The lowest BCUT2D eigenvalue weighted by Gasteiger charge is -2.20. The van der Waals surface area contributed by atoms with E-state index < -0.39 is 0 Å². The number of amides is 1. The maximum atomic E-state index is 12.6. The number of thioether (sulfide) groups is 1. The first-order chi connectivity index (χ1) is 14.2. The molecular formula is C22H25N3O2S2. The van der Waals surface area contributed by atoms with E-state index in [1.165, 1.54) is 24.6 Å². The lowest BCUT2D eigenvalue weighted by atomic mass is 10.0. The summed E-state index contributed by atoms with van der Waals surface area (Å²) in [4.78, 5) is 23.9. The van der Waals surface area contributed by atoms with Gasteiger partial charge in [0.2, 0.25) is 5.91 Å². The fourth-order valence-electron chi connectivity index (χ4n) is 3.78. The van der Waals surface area contributed by atoms with E-state index in [9.17, 15) is 4.79 Å². The molecule has 1 N–H and O–H groups in total. The van der Waals surface area contributed by atoms with Crippen LogP contribution in [0, 0.1) is 0 Å². The molecule has 1 aromatic carbocycles. The monoisotopic (exact) mass is 427 g/mol. The van der Waals surface area contributed by atoms with Gasteiger partial charge >= 0.3 is 0 Å². The minimum Gasteiger partial charge on any atom is -0.495 e. The van der Waals surface area contributed by atoms with Gasteiger partial charge in [-0.15, -0.1) is 11.3 Å². The van der Waals surface area contributed by atoms with E-state index in [1.54, 1.807) is 18.4 Å². The number of anilines is 1. The number of carbonyl (C=O) groups excluding carboxylic acids is 1. The predicted molar refractivity (Wildman–Crippen MR) is 123 cm³/mol. The van der Waals surface area contributed by atoms with Crippen molar-refractivity contribution in [3.8, 4) is 5.75 Å². The van der Waals surface area contributed by atoms with Crippen LogP contribution in [-0.4, -0.2) is 35.2 Å². The number of carbonyl (C=O) groups is 1. The van der Waals surface area contributed by atoms with Crippen molar-refractivity contribution in [2.45, 2.75) is 44.2 Å². The first-order valence-electron chi connectivity index (χ1n) is 9.99. The summed E-state index contributed by atoms with van der Waals surface area (Å²) in [5.41, 5.74) is 1.32. The number of para-hydroxylation sites is 2. The predicted octanol–water partition coefficient (Wildman–Crippen LogP) is 5.38. The summed E-state index contributed by atoms with van der Waals surface area (Å²) in [6, 6.07) is 11.6. The normalized spacial score (nSPS) is 18.1. The molecule has 2 aliphatic rings. The third-order valence-electron chi connectivity index (χ3n) is 5.21. The number of aliphatic imine (C=N–C) groups is 2. The maximum Gasteiger partial charge on any atom is 0.234 e. The van der Waals surface area contributed by atoms with Crippen molar-refractivity contribution in [2.24, 2.45) is 9.98 Å². The van der Waals surface area contributed by atoms with Crippen LogP contribution in [0.3, 0.4) is 0 Å². The van der Waals surface area contributed by atoms with E-state index in [0.29, 0.717) is 11.4 Å². The number of thiophene rings is 1. The molecule has 0 unspecified atom stereocenters. The van der Waals surface area contributed by atoms with Crippen LogP contribution in [-0.2, 0) is 4.79 Å². The Labute approximate surface area is 179 Å². The number of nitrogens with zero attached hydrogens (tertiary/aromatic N) is 2. The van der Waals surface area contributed by atoms with Gasteiger partial charge in [-0.25, -0.2) is 4.99 Å². The number of ether oxygens (including phenoxy) is 1. The number of methoxy groups -OCH3 is 1. The van der Waals surface area contributed by atoms with Crippen LogP contribution in [0.2, 0.25) is 0 Å². The van der Waals surface area contributed by atoms with E-state index in [0.717, 1.165) is 41.3 Å². The van der Waals surface area contributed by atoms with Crippen LogP contribution >= 0.6 is 23.1 Å². The molecular weight excluding hydrogens is 402 g/mol. The Kier molecular flexibility index (Phi) is 6.35. The van der Waals surface area contributed by atoms with Gasteiger partial charge in [0, 0.05) is 0 Å². The van der Waals surface area contributed by atoms with Gasteiger partial charge in [0.15, 0.2) is 5.66 Å². The van der Waals surface area contributed by atoms with Crippen LogP contribution in [0.25, 0.3) is 0 Å². The second kappa shape index (κ2) is 9.13. The zero-order chi connectivity index (χ0) is 20.1. The summed E-state index contributed by atoms with van der Waals surface area (Å²) in [5, 5.41) is 5.89. The van der Waals surface area contributed by atoms with E-state index >= 15 is 0 Å². The van der Waals surface area contributed by atoms with Crippen molar-refractivity contribution in [1.29, 1.82) is 0 Å². The van der Waals surface area contributed by atoms with Crippen LogP contribution in [0.5, 0.6) is 5.75 Å². The number of hydrogen-bond acceptors (Lipinski definition) is 6. The highest BCUT2D eigenvalue weighted by atomic mass is 32.2. The molecule has 4 rings (SSSR count). The van der Waals surface area contributed by atoms with Crippen molar-refractivity contribution >= 4 is 45.4 Å². The quantitative estimate of drug-likeness (QED) is 0.697. The van der Waals surface area contributed by atoms with Crippen LogP contribution in [0.1, 0.15) is 43.4 Å². The van der Waals surface area contributed by atoms with Gasteiger partial charge in [0.25, 0.3) is 0 Å². The molecule has 1 saturated carbocycles. The zero-order valence-electron chi connectivity index (χ0n) is 16.5. The van der Waals surface area contributed by atoms with Crippen molar-refractivity contribution in [2.75, 3.05) is 18.2 Å². The molecule has 1 aromatic heterocycles. The van der Waals surface area contributed by atoms with Crippen LogP contribution in [0.15, 0.2) is 51.8 Å². The van der Waals surface area contributed by atoms with Gasteiger partial charge in [0.1, 0.15) is 16.5 Å². The van der Waals surface area contributed by atoms with Gasteiger partial charge in [-0.1, -0.05) is 42.8 Å². The number of hydrogen-bond donors (Lipinski definition) is 1. The van der Waals surface area contributed by atoms with E-state index in [4.69, 9.17) is 14.7 Å². The molecule has 152 valence electrons. The third-order valence-corrected chi connectivity index (χ3v) is 7.05. The number of rotatable bonds is 5. The summed E-state index contributed by atoms with van der Waals surface area (Å²) in [6.45, 7) is 0. The highest BCUT2D eigenvalue weighted by molar-refractivity contribution is 8.16. The Bertz CT molecular complexity index is 914. The summed E-state index contributed by atoms with van der Waals surface area (Å²) >= 11 is 3.15. The molecule has 1 spiro atoms. The van der Waals surface area contributed by atoms with Crippen molar-refractivity contribution in [3.05, 3.63) is 46.7 Å². The molecule has 0 bridgehead atoms. The lowest BCUT2D eigenvalue weighted by molar-refractivity contribution is -0.113. The molecule has 1 aliphatic heterocycles. The molecule has 2 aromatic rings. The number of benzene rings is 1. The fourth-order valence-corrected chi connectivity index (χ4v) is 5.43. The molecule has 1 amide bonds. The minimum absolute atomic E-state index is 0.0745. The molecule has 7 heteroatoms. The summed E-state index contributed by atoms with van der Waals surface area (Å²) in [5.74, 6) is 0.869. The summed E-state index contributed by atoms with van der Waals surface area (Å²) < 4.78 is 5.31. The van der Waals surface area contributed by atoms with Gasteiger partial charge in [-0.3, -0.25) is 9.79 Å². The molecule has 0 saturated heterocycles. The Balaban J connectivity index is 1.48. The minimum atomic E-state index is -0.322. The average Bonchev–Trinajstić information content (AvgIpc) is 3.32. The number of nitrogens with one attached hydrogen (secondary N) is 1. The average molecular weight is 428 g/mol. The Morgan fingerprint density at radius 3 is 2.66 bits per heavy atom. The largest absolute Gasteiger partial charge is 0.495 e. The SMILES string of the molecule is COc1ccccc1NC(=O)CSC1=NC2(CCCCCC2)N=C1c1cccs1. The first-order valence-corrected chi connectivity index (χ1v) is 11.9. The van der Waals surface area contributed by atoms with Gasteiger partial charge in [0.05, 0.1) is 23.4 Å². The third kappa shape index (κ3) is 4.73. The topological polar surface area (TPSA) is 63.0 Å². The Hall–Kier alpha value is -2.12. The van der Waals surface area contributed by atoms with Crippen molar-refractivity contribution in [3.63, 3.8) is 0 Å². The van der Waals surface area contributed by atoms with Gasteiger partial charge < -0.3 is 10.1 Å². The first kappa shape index (κ1) is 20.2. The molecule has 29 heavy (non-hydrogen) atoms. The van der Waals surface area contributed by atoms with Gasteiger partial charge in [-0.05, 0) is 49.3 Å². The zero-order valence-corrected chi connectivity index (χ0v) is 18.2. The molecule has 2 heterocycles. The second-order valence-corrected chi connectivity index (χ2v) is 9.20. The molecule has 0 radical (unpaired) electrons. The fraction of sp³-hybridized carbons (Fsp3) is 0.409. The summed E-state index contributed by atoms with van der Waals surface area (Å²) in [7, 11) is 1.60. The van der Waals surface area contributed by atoms with E-state index in [-0.39, 0.29) is 17.3 Å². The van der Waals surface area contributed by atoms with Crippen molar-refractivity contribution in [1.82, 2.24) is 0 Å². The molecule has 5 nitrogen and oxygen atoms in total. The Morgan fingerprint density at radius 1 is 1.14 bits per heavy atom. The Morgan fingerprint density at radius 2 is 1.93 bits per heavy atom. The highest BCUT2D eigenvalue weighted by Gasteiger charge is 2.37. The maximum absolute atomic E-state index is 12.6. The van der Waals surface area contributed by atoms with Gasteiger partial charge in [-0.2, -0.15) is 0 Å². The standard InChI is InChI=1S/C22H25N3O2S2/c1-27-17-10-5-4-9-16(17)23-19(26)15-29-21-20(18-11-8-14-28-18)24-22(25-21)12-6-2-3-7-13-22/h4-5,8-11,14H,2-3,6-7,12-13,15H2,1H3,(H,23,26). The van der Waals surface area contributed by atoms with E-state index in [2.05, 4.69) is 16.8 Å².